The Balaban J connectivity index is 1.39. The number of thiazole rings is 1. The molecule has 4 rings (SSSR count). The highest BCUT2D eigenvalue weighted by molar-refractivity contribution is 7.22. The quantitative estimate of drug-likeness (QED) is 0.710. The Labute approximate surface area is 156 Å². The van der Waals surface area contributed by atoms with Crippen LogP contribution in [-0.4, -0.2) is 49.1 Å². The molecule has 0 N–H and O–H groups in total. The molecule has 2 heterocycles. The van der Waals surface area contributed by atoms with Crippen LogP contribution in [0.5, 0.6) is 5.75 Å². The predicted octanol–water partition coefficient (Wildman–Crippen LogP) is 3.20. The van der Waals surface area contributed by atoms with Crippen molar-refractivity contribution in [2.45, 2.75) is 6.42 Å². The smallest absolute Gasteiger partial charge is 0.227 e. The molecule has 1 saturated heterocycles. The number of nitrogens with zero attached hydrogens (tertiary/aromatic N) is 3. The van der Waals surface area contributed by atoms with Crippen LogP contribution in [0.1, 0.15) is 5.56 Å². The summed E-state index contributed by atoms with van der Waals surface area (Å²) in [6, 6.07) is 15.9. The largest absolute Gasteiger partial charge is 0.496 e. The van der Waals surface area contributed by atoms with Crippen LogP contribution in [0.2, 0.25) is 0 Å². The standard InChI is InChI=1S/C20H21N3O2S/c1-25-17-8-4-2-6-15(17)14-19(24)22-10-12-23(13-11-22)20-21-16-7-3-5-9-18(16)26-20/h2-9H,10-14H2,1H3. The molecule has 0 saturated carbocycles. The van der Waals surface area contributed by atoms with Crippen molar-refractivity contribution < 1.29 is 9.53 Å². The molecule has 26 heavy (non-hydrogen) atoms. The minimum absolute atomic E-state index is 0.151. The molecule has 5 nitrogen and oxygen atoms in total. The van der Waals surface area contributed by atoms with E-state index in [-0.39, 0.29) is 5.91 Å². The molecule has 1 fully saturated rings. The Kier molecular flexibility index (Phi) is 4.75. The van der Waals surface area contributed by atoms with Gasteiger partial charge in [-0.15, -0.1) is 0 Å². The number of rotatable bonds is 4. The van der Waals surface area contributed by atoms with Gasteiger partial charge in [-0.05, 0) is 18.2 Å². The number of hydrogen-bond donors (Lipinski definition) is 0. The monoisotopic (exact) mass is 367 g/mol. The van der Waals surface area contributed by atoms with Gasteiger partial charge in [0.05, 0.1) is 23.7 Å². The summed E-state index contributed by atoms with van der Waals surface area (Å²) in [4.78, 5) is 21.6. The lowest BCUT2D eigenvalue weighted by Crippen LogP contribution is -2.49. The van der Waals surface area contributed by atoms with Gasteiger partial charge in [-0.25, -0.2) is 4.98 Å². The van der Waals surface area contributed by atoms with Crippen molar-refractivity contribution in [3.05, 3.63) is 54.1 Å². The number of para-hydroxylation sites is 2. The van der Waals surface area contributed by atoms with Crippen LogP contribution in [0.25, 0.3) is 10.2 Å². The van der Waals surface area contributed by atoms with Gasteiger partial charge in [0.15, 0.2) is 5.13 Å². The maximum absolute atomic E-state index is 12.7. The molecule has 134 valence electrons. The third-order valence-electron chi connectivity index (χ3n) is 4.72. The second kappa shape index (κ2) is 7.33. The Hall–Kier alpha value is -2.60. The Bertz CT molecular complexity index is 883. The maximum Gasteiger partial charge on any atom is 0.227 e. The van der Waals surface area contributed by atoms with E-state index in [0.29, 0.717) is 6.42 Å². The zero-order chi connectivity index (χ0) is 17.9. The molecule has 1 aliphatic rings. The molecule has 1 aromatic heterocycles. The summed E-state index contributed by atoms with van der Waals surface area (Å²) in [5, 5.41) is 1.04. The first-order valence-electron chi connectivity index (χ1n) is 8.75. The fraction of sp³-hybridized carbons (Fsp3) is 0.300. The molecule has 0 unspecified atom stereocenters. The highest BCUT2D eigenvalue weighted by Gasteiger charge is 2.23. The number of piperazine rings is 1. The molecule has 0 radical (unpaired) electrons. The molecule has 0 aliphatic carbocycles. The number of fused-ring (bicyclic) bond motifs is 1. The summed E-state index contributed by atoms with van der Waals surface area (Å²) < 4.78 is 6.56. The second-order valence-corrected chi connectivity index (χ2v) is 7.33. The van der Waals surface area contributed by atoms with Crippen molar-refractivity contribution in [1.29, 1.82) is 0 Å². The average Bonchev–Trinajstić information content (AvgIpc) is 3.13. The van der Waals surface area contributed by atoms with Crippen molar-refractivity contribution >= 4 is 32.6 Å². The summed E-state index contributed by atoms with van der Waals surface area (Å²) in [7, 11) is 1.64. The number of benzene rings is 2. The maximum atomic E-state index is 12.7. The van der Waals surface area contributed by atoms with Gasteiger partial charge in [-0.1, -0.05) is 41.7 Å². The fourth-order valence-corrected chi connectivity index (χ4v) is 4.28. The van der Waals surface area contributed by atoms with Crippen LogP contribution < -0.4 is 9.64 Å². The lowest BCUT2D eigenvalue weighted by Gasteiger charge is -2.34. The average molecular weight is 367 g/mol. The Morgan fingerprint density at radius 3 is 2.58 bits per heavy atom. The van der Waals surface area contributed by atoms with Gasteiger partial charge in [0.25, 0.3) is 0 Å². The first-order chi connectivity index (χ1) is 12.7. The van der Waals surface area contributed by atoms with E-state index in [1.54, 1.807) is 18.4 Å². The van der Waals surface area contributed by atoms with Gasteiger partial charge in [0.1, 0.15) is 5.75 Å². The highest BCUT2D eigenvalue weighted by Crippen LogP contribution is 2.29. The van der Waals surface area contributed by atoms with E-state index in [4.69, 9.17) is 9.72 Å². The zero-order valence-corrected chi connectivity index (χ0v) is 15.5. The van der Waals surface area contributed by atoms with Crippen molar-refractivity contribution in [2.75, 3.05) is 38.2 Å². The molecular weight excluding hydrogens is 346 g/mol. The van der Waals surface area contributed by atoms with E-state index < -0.39 is 0 Å². The fourth-order valence-electron chi connectivity index (χ4n) is 3.27. The van der Waals surface area contributed by atoms with Gasteiger partial charge in [-0.2, -0.15) is 0 Å². The molecule has 2 aromatic carbocycles. The molecule has 0 bridgehead atoms. The highest BCUT2D eigenvalue weighted by atomic mass is 32.1. The number of ether oxygens (including phenoxy) is 1. The third-order valence-corrected chi connectivity index (χ3v) is 5.82. The SMILES string of the molecule is COc1ccccc1CC(=O)N1CCN(c2nc3ccccc3s2)CC1. The van der Waals surface area contributed by atoms with Crippen LogP contribution in [0.3, 0.4) is 0 Å². The van der Waals surface area contributed by atoms with Crippen LogP contribution >= 0.6 is 11.3 Å². The lowest BCUT2D eigenvalue weighted by atomic mass is 10.1. The number of anilines is 1. The van der Waals surface area contributed by atoms with Crippen molar-refractivity contribution in [3.8, 4) is 5.75 Å². The van der Waals surface area contributed by atoms with Crippen LogP contribution in [0.4, 0.5) is 5.13 Å². The van der Waals surface area contributed by atoms with E-state index in [0.717, 1.165) is 48.1 Å². The number of aromatic nitrogens is 1. The van der Waals surface area contributed by atoms with E-state index in [9.17, 15) is 4.79 Å². The summed E-state index contributed by atoms with van der Waals surface area (Å²) in [5.74, 6) is 0.924. The van der Waals surface area contributed by atoms with Gasteiger partial charge in [0.2, 0.25) is 5.91 Å². The Morgan fingerprint density at radius 1 is 1.08 bits per heavy atom. The van der Waals surface area contributed by atoms with Gasteiger partial charge >= 0.3 is 0 Å². The first-order valence-corrected chi connectivity index (χ1v) is 9.56. The third kappa shape index (κ3) is 3.37. The van der Waals surface area contributed by atoms with Crippen LogP contribution in [0.15, 0.2) is 48.5 Å². The van der Waals surface area contributed by atoms with Crippen molar-refractivity contribution in [3.63, 3.8) is 0 Å². The van der Waals surface area contributed by atoms with E-state index in [2.05, 4.69) is 11.0 Å². The van der Waals surface area contributed by atoms with Crippen molar-refractivity contribution in [2.24, 2.45) is 0 Å². The van der Waals surface area contributed by atoms with Crippen LogP contribution in [0, 0.1) is 0 Å². The van der Waals surface area contributed by atoms with Gasteiger partial charge in [0, 0.05) is 31.7 Å². The minimum Gasteiger partial charge on any atom is -0.496 e. The van der Waals surface area contributed by atoms with Crippen LogP contribution in [-0.2, 0) is 11.2 Å². The lowest BCUT2D eigenvalue weighted by molar-refractivity contribution is -0.130. The first kappa shape index (κ1) is 16.8. The summed E-state index contributed by atoms with van der Waals surface area (Å²) in [6.07, 6.45) is 0.380. The number of hydrogen-bond acceptors (Lipinski definition) is 5. The zero-order valence-electron chi connectivity index (χ0n) is 14.7. The normalized spacial score (nSPS) is 14.7. The van der Waals surface area contributed by atoms with E-state index in [1.807, 2.05) is 47.4 Å². The van der Waals surface area contributed by atoms with E-state index >= 15 is 0 Å². The number of carbonyl (C=O) groups is 1. The predicted molar refractivity (Wildman–Crippen MR) is 105 cm³/mol. The van der Waals surface area contributed by atoms with Gasteiger partial charge < -0.3 is 14.5 Å². The molecule has 1 amide bonds. The van der Waals surface area contributed by atoms with E-state index in [1.165, 1.54) is 4.70 Å². The topological polar surface area (TPSA) is 45.7 Å². The molecule has 1 aliphatic heterocycles. The summed E-state index contributed by atoms with van der Waals surface area (Å²) >= 11 is 1.72. The molecule has 0 atom stereocenters. The van der Waals surface area contributed by atoms with Crippen molar-refractivity contribution in [1.82, 2.24) is 9.88 Å². The molecular formula is C20H21N3O2S. The minimum atomic E-state index is 0.151. The molecule has 3 aromatic rings. The number of carbonyl (C=O) groups excluding carboxylic acids is 1. The number of methoxy groups -OCH3 is 1. The molecule has 6 heteroatoms. The molecule has 0 spiro atoms. The second-order valence-electron chi connectivity index (χ2n) is 6.32. The Morgan fingerprint density at radius 2 is 1.81 bits per heavy atom. The summed E-state index contributed by atoms with van der Waals surface area (Å²) in [5.41, 5.74) is 1.98. The van der Waals surface area contributed by atoms with Gasteiger partial charge in [-0.3, -0.25) is 4.79 Å². The summed E-state index contributed by atoms with van der Waals surface area (Å²) in [6.45, 7) is 3.09. The number of amides is 1.